The summed E-state index contributed by atoms with van der Waals surface area (Å²) in [7, 11) is 0. The van der Waals surface area contributed by atoms with Gasteiger partial charge in [0.25, 0.3) is 5.60 Å². The topological polar surface area (TPSA) is 41.8 Å². The van der Waals surface area contributed by atoms with Crippen molar-refractivity contribution in [2.45, 2.75) is 37.4 Å². The third-order valence-electron chi connectivity index (χ3n) is 3.38. The van der Waals surface area contributed by atoms with Gasteiger partial charge in [-0.1, -0.05) is 35.0 Å². The average Bonchev–Trinajstić information content (AvgIpc) is 2.85. The lowest BCUT2D eigenvalue weighted by Gasteiger charge is -2.35. The molecule has 0 aromatic heterocycles. The van der Waals surface area contributed by atoms with Crippen molar-refractivity contribution in [3.63, 3.8) is 0 Å². The van der Waals surface area contributed by atoms with Crippen LogP contribution in [0, 0.1) is 6.92 Å². The molecule has 0 aliphatic carbocycles. The number of rotatable bonds is 2. The maximum atomic E-state index is 12.7. The van der Waals surface area contributed by atoms with Crippen molar-refractivity contribution in [2.24, 2.45) is 5.16 Å². The van der Waals surface area contributed by atoms with Gasteiger partial charge in [-0.05, 0) is 12.5 Å². The molecule has 2 rings (SSSR count). The fourth-order valence-electron chi connectivity index (χ4n) is 2.04. The highest BCUT2D eigenvalue weighted by molar-refractivity contribution is 6.01. The van der Waals surface area contributed by atoms with E-state index in [0.717, 1.165) is 5.56 Å². The molecule has 0 saturated heterocycles. The van der Waals surface area contributed by atoms with Crippen molar-refractivity contribution in [1.29, 1.82) is 0 Å². The SMILES string of the molecule is Cc1ccc(C2=NOC(C(O)(C(F)(F)F)C(F)(F)F)C2)cc1. The lowest BCUT2D eigenvalue weighted by Crippen LogP contribution is -2.64. The van der Waals surface area contributed by atoms with Gasteiger partial charge >= 0.3 is 12.4 Å². The molecule has 3 nitrogen and oxygen atoms in total. The number of hydrogen-bond donors (Lipinski definition) is 1. The zero-order valence-corrected chi connectivity index (χ0v) is 11.2. The molecule has 1 N–H and O–H groups in total. The van der Waals surface area contributed by atoms with E-state index >= 15 is 0 Å². The van der Waals surface area contributed by atoms with Gasteiger partial charge in [0.1, 0.15) is 0 Å². The van der Waals surface area contributed by atoms with Crippen molar-refractivity contribution in [3.05, 3.63) is 35.4 Å². The van der Waals surface area contributed by atoms with E-state index in [4.69, 9.17) is 0 Å². The maximum Gasteiger partial charge on any atom is 0.430 e. The highest BCUT2D eigenvalue weighted by atomic mass is 19.4. The number of oxime groups is 1. The van der Waals surface area contributed by atoms with E-state index in [1.54, 1.807) is 19.1 Å². The molecule has 1 aromatic rings. The molecule has 1 unspecified atom stereocenters. The van der Waals surface area contributed by atoms with E-state index in [0.29, 0.717) is 5.56 Å². The Morgan fingerprint density at radius 2 is 1.55 bits per heavy atom. The molecule has 0 amide bonds. The van der Waals surface area contributed by atoms with Gasteiger partial charge in [0.05, 0.1) is 5.71 Å². The van der Waals surface area contributed by atoms with Gasteiger partial charge in [-0.15, -0.1) is 0 Å². The molecule has 0 spiro atoms. The van der Waals surface area contributed by atoms with Crippen LogP contribution in [0.15, 0.2) is 29.4 Å². The Bertz CT molecular complexity index is 562. The van der Waals surface area contributed by atoms with Crippen molar-refractivity contribution < 1.29 is 36.3 Å². The predicted octanol–water partition coefficient (Wildman–Crippen LogP) is 3.34. The van der Waals surface area contributed by atoms with Crippen LogP contribution in [-0.4, -0.2) is 34.9 Å². The second kappa shape index (κ2) is 5.15. The summed E-state index contributed by atoms with van der Waals surface area (Å²) in [5, 5.41) is 12.5. The quantitative estimate of drug-likeness (QED) is 0.847. The lowest BCUT2D eigenvalue weighted by atomic mass is 9.90. The van der Waals surface area contributed by atoms with Gasteiger partial charge in [0.2, 0.25) is 0 Å². The summed E-state index contributed by atoms with van der Waals surface area (Å²) in [6.07, 6.45) is -15.3. The summed E-state index contributed by atoms with van der Waals surface area (Å²) in [4.78, 5) is 4.27. The molecule has 0 bridgehead atoms. The lowest BCUT2D eigenvalue weighted by molar-refractivity contribution is -0.392. The Morgan fingerprint density at radius 1 is 1.05 bits per heavy atom. The summed E-state index contributed by atoms with van der Waals surface area (Å²) in [5.41, 5.74) is -3.87. The highest BCUT2D eigenvalue weighted by Gasteiger charge is 2.76. The second-order valence-corrected chi connectivity index (χ2v) is 4.96. The molecule has 1 aliphatic rings. The van der Waals surface area contributed by atoms with Crippen LogP contribution in [0.3, 0.4) is 0 Å². The van der Waals surface area contributed by atoms with Crippen LogP contribution in [0.2, 0.25) is 0 Å². The summed E-state index contributed by atoms with van der Waals surface area (Å²) < 4.78 is 76.4. The Morgan fingerprint density at radius 3 is 2.00 bits per heavy atom. The Balaban J connectivity index is 2.28. The van der Waals surface area contributed by atoms with E-state index in [9.17, 15) is 31.4 Å². The zero-order chi connectivity index (χ0) is 16.8. The van der Waals surface area contributed by atoms with E-state index in [-0.39, 0.29) is 5.71 Å². The van der Waals surface area contributed by atoms with Gasteiger partial charge in [0, 0.05) is 6.42 Å². The van der Waals surface area contributed by atoms with Crippen molar-refractivity contribution >= 4 is 5.71 Å². The molecule has 122 valence electrons. The molecule has 1 aromatic carbocycles. The average molecular weight is 327 g/mol. The fourth-order valence-corrected chi connectivity index (χ4v) is 2.04. The number of aryl methyl sites for hydroxylation is 1. The van der Waals surface area contributed by atoms with Gasteiger partial charge < -0.3 is 9.94 Å². The Labute approximate surface area is 121 Å². The number of nitrogens with zero attached hydrogens (tertiary/aromatic N) is 1. The van der Waals surface area contributed by atoms with Crippen molar-refractivity contribution in [3.8, 4) is 0 Å². The van der Waals surface area contributed by atoms with E-state index in [2.05, 4.69) is 9.99 Å². The molecule has 9 heteroatoms. The van der Waals surface area contributed by atoms with Crippen LogP contribution in [0.25, 0.3) is 0 Å². The Kier molecular flexibility index (Phi) is 3.88. The van der Waals surface area contributed by atoms with Gasteiger partial charge in [-0.3, -0.25) is 0 Å². The monoisotopic (exact) mass is 327 g/mol. The first kappa shape index (κ1) is 16.6. The normalized spacial score (nSPS) is 19.8. The number of hydrogen-bond acceptors (Lipinski definition) is 3. The molecule has 22 heavy (non-hydrogen) atoms. The maximum absolute atomic E-state index is 12.7. The van der Waals surface area contributed by atoms with Crippen molar-refractivity contribution in [2.75, 3.05) is 0 Å². The smallest absolute Gasteiger partial charge is 0.388 e. The largest absolute Gasteiger partial charge is 0.430 e. The van der Waals surface area contributed by atoms with Crippen molar-refractivity contribution in [1.82, 2.24) is 0 Å². The zero-order valence-electron chi connectivity index (χ0n) is 11.2. The molecule has 0 fully saturated rings. The summed E-state index contributed by atoms with van der Waals surface area (Å²) in [6, 6.07) is 6.26. The minimum Gasteiger partial charge on any atom is -0.388 e. The predicted molar refractivity (Wildman–Crippen MR) is 64.3 cm³/mol. The second-order valence-electron chi connectivity index (χ2n) is 4.96. The molecule has 1 atom stereocenters. The Hall–Kier alpha value is -1.77. The number of benzene rings is 1. The molecule has 0 saturated carbocycles. The van der Waals surface area contributed by atoms with Crippen LogP contribution < -0.4 is 0 Å². The van der Waals surface area contributed by atoms with E-state index < -0.39 is 30.5 Å². The first-order valence-corrected chi connectivity index (χ1v) is 6.12. The number of aliphatic hydroxyl groups is 1. The van der Waals surface area contributed by atoms with E-state index in [1.807, 2.05) is 0 Å². The van der Waals surface area contributed by atoms with Crippen LogP contribution in [0.4, 0.5) is 26.3 Å². The first-order chi connectivity index (χ1) is 9.97. The number of halogens is 6. The molecule has 0 radical (unpaired) electrons. The fraction of sp³-hybridized carbons (Fsp3) is 0.462. The van der Waals surface area contributed by atoms with Gasteiger partial charge in [0.15, 0.2) is 6.10 Å². The first-order valence-electron chi connectivity index (χ1n) is 6.12. The number of alkyl halides is 6. The standard InChI is InChI=1S/C13H11F6NO2/c1-7-2-4-8(5-3-7)9-6-10(22-20-9)11(21,12(14,15)16)13(17,18)19/h2-5,10,21H,6H2,1H3. The molecule has 1 heterocycles. The van der Waals surface area contributed by atoms with Crippen LogP contribution in [0.1, 0.15) is 17.5 Å². The van der Waals surface area contributed by atoms with Gasteiger partial charge in [-0.2, -0.15) is 26.3 Å². The molecular weight excluding hydrogens is 316 g/mol. The molecular formula is C13H11F6NO2. The minimum absolute atomic E-state index is 0.0862. The van der Waals surface area contributed by atoms with E-state index in [1.165, 1.54) is 12.1 Å². The highest BCUT2D eigenvalue weighted by Crippen LogP contribution is 2.48. The molecule has 1 aliphatic heterocycles. The summed E-state index contributed by atoms with van der Waals surface area (Å²) in [6.45, 7) is 1.77. The van der Waals surface area contributed by atoms with Crippen LogP contribution >= 0.6 is 0 Å². The van der Waals surface area contributed by atoms with Crippen LogP contribution in [0.5, 0.6) is 0 Å². The third-order valence-corrected chi connectivity index (χ3v) is 3.38. The summed E-state index contributed by atoms with van der Waals surface area (Å²) in [5.74, 6) is 0. The third kappa shape index (κ3) is 2.65. The van der Waals surface area contributed by atoms with Gasteiger partial charge in [-0.25, -0.2) is 0 Å². The summed E-state index contributed by atoms with van der Waals surface area (Å²) >= 11 is 0. The van der Waals surface area contributed by atoms with Crippen LogP contribution in [-0.2, 0) is 4.84 Å². The minimum atomic E-state index is -5.94.